The Morgan fingerprint density at radius 1 is 1.32 bits per heavy atom. The number of fused-ring (bicyclic) bond motifs is 1. The van der Waals surface area contributed by atoms with Crippen LogP contribution in [-0.2, 0) is 9.59 Å². The van der Waals surface area contributed by atoms with E-state index in [4.69, 9.17) is 4.74 Å². The second kappa shape index (κ2) is 6.93. The summed E-state index contributed by atoms with van der Waals surface area (Å²) in [6.45, 7) is 4.45. The normalized spacial score (nSPS) is 21.6. The Hall–Kier alpha value is -2.89. The number of nitrogens with one attached hydrogen (secondary N) is 1. The number of aliphatic imine (C=N–C) groups is 1. The molecular formula is C19H21N3O3. The van der Waals surface area contributed by atoms with Gasteiger partial charge in [-0.15, -0.1) is 0 Å². The van der Waals surface area contributed by atoms with Gasteiger partial charge in [0.15, 0.2) is 0 Å². The molecule has 1 N–H and O–H groups in total. The molecule has 0 aromatic heterocycles. The highest BCUT2D eigenvalue weighted by atomic mass is 16.5. The number of amides is 2. The van der Waals surface area contributed by atoms with Gasteiger partial charge in [-0.05, 0) is 49.8 Å². The Morgan fingerprint density at radius 2 is 2.08 bits per heavy atom. The van der Waals surface area contributed by atoms with Crippen LogP contribution < -0.4 is 10.1 Å². The summed E-state index contributed by atoms with van der Waals surface area (Å²) in [6.07, 6.45) is 8.07. The van der Waals surface area contributed by atoms with Gasteiger partial charge in [0.25, 0.3) is 11.8 Å². The van der Waals surface area contributed by atoms with Gasteiger partial charge in [0.2, 0.25) is 0 Å². The smallest absolute Gasteiger partial charge is 0.250 e. The molecule has 0 fully saturated rings. The number of rotatable bonds is 5. The molecule has 0 spiro atoms. The van der Waals surface area contributed by atoms with Crippen LogP contribution in [0.1, 0.15) is 26.7 Å². The van der Waals surface area contributed by atoms with Crippen molar-refractivity contribution in [2.75, 3.05) is 11.9 Å². The number of amidine groups is 1. The lowest BCUT2D eigenvalue weighted by molar-refractivity contribution is -0.130. The van der Waals surface area contributed by atoms with Gasteiger partial charge in [-0.3, -0.25) is 9.59 Å². The van der Waals surface area contributed by atoms with Gasteiger partial charge in [0, 0.05) is 11.9 Å². The molecule has 1 unspecified atom stereocenters. The van der Waals surface area contributed by atoms with E-state index in [2.05, 4.69) is 10.3 Å². The van der Waals surface area contributed by atoms with E-state index >= 15 is 0 Å². The maximum atomic E-state index is 12.9. The predicted molar refractivity (Wildman–Crippen MR) is 96.4 cm³/mol. The van der Waals surface area contributed by atoms with Crippen LogP contribution in [0.15, 0.2) is 53.7 Å². The summed E-state index contributed by atoms with van der Waals surface area (Å²) >= 11 is 0. The van der Waals surface area contributed by atoms with Crippen molar-refractivity contribution in [2.24, 2.45) is 4.99 Å². The second-order valence-corrected chi connectivity index (χ2v) is 6.21. The number of carbonyl (C=O) groups excluding carboxylic acids is 2. The first-order valence-electron chi connectivity index (χ1n) is 8.33. The maximum absolute atomic E-state index is 12.9. The fraction of sp³-hybridized carbons (Fsp3) is 0.316. The Balaban J connectivity index is 1.76. The van der Waals surface area contributed by atoms with Crippen LogP contribution >= 0.6 is 0 Å². The minimum Gasteiger partial charge on any atom is -0.494 e. The number of hydrogen-bond acceptors (Lipinski definition) is 4. The minimum atomic E-state index is -1.02. The lowest BCUT2D eigenvalue weighted by Gasteiger charge is -2.41. The average Bonchev–Trinajstić information content (AvgIpc) is 2.61. The molecule has 3 rings (SSSR count). The van der Waals surface area contributed by atoms with Gasteiger partial charge in [-0.1, -0.05) is 13.0 Å². The number of ether oxygens (including phenoxy) is 1. The van der Waals surface area contributed by atoms with Crippen molar-refractivity contribution in [3.8, 4) is 5.75 Å². The summed E-state index contributed by atoms with van der Waals surface area (Å²) in [5.41, 5.74) is -0.365. The van der Waals surface area contributed by atoms with Crippen LogP contribution in [0.25, 0.3) is 0 Å². The van der Waals surface area contributed by atoms with E-state index in [0.717, 1.165) is 12.2 Å². The Bertz CT molecular complexity index is 765. The van der Waals surface area contributed by atoms with Crippen molar-refractivity contribution >= 4 is 23.3 Å². The molecule has 6 heteroatoms. The minimum absolute atomic E-state index is 0.0260. The number of benzene rings is 1. The molecule has 0 bridgehead atoms. The quantitative estimate of drug-likeness (QED) is 0.895. The molecule has 6 nitrogen and oxygen atoms in total. The van der Waals surface area contributed by atoms with Gasteiger partial charge < -0.3 is 15.0 Å². The summed E-state index contributed by atoms with van der Waals surface area (Å²) in [7, 11) is 0. The molecule has 0 aliphatic carbocycles. The molecule has 130 valence electrons. The Labute approximate surface area is 146 Å². The van der Waals surface area contributed by atoms with Crippen molar-refractivity contribution in [3.63, 3.8) is 0 Å². The first-order valence-corrected chi connectivity index (χ1v) is 8.33. The first kappa shape index (κ1) is 17.0. The van der Waals surface area contributed by atoms with Crippen LogP contribution in [0.5, 0.6) is 5.75 Å². The highest BCUT2D eigenvalue weighted by Crippen LogP contribution is 2.29. The molecule has 0 saturated carbocycles. The van der Waals surface area contributed by atoms with Gasteiger partial charge in [0.05, 0.1) is 13.0 Å². The number of allylic oxidation sites excluding steroid dienone is 2. The molecule has 1 aromatic carbocycles. The lowest BCUT2D eigenvalue weighted by Crippen LogP contribution is -2.58. The molecule has 1 aromatic rings. The van der Waals surface area contributed by atoms with E-state index < -0.39 is 5.54 Å². The lowest BCUT2D eigenvalue weighted by atomic mass is 9.91. The highest BCUT2D eigenvalue weighted by molar-refractivity contribution is 6.11. The van der Waals surface area contributed by atoms with Gasteiger partial charge >= 0.3 is 0 Å². The Morgan fingerprint density at radius 3 is 2.80 bits per heavy atom. The molecular weight excluding hydrogens is 318 g/mol. The van der Waals surface area contributed by atoms with Crippen molar-refractivity contribution in [1.82, 2.24) is 4.90 Å². The summed E-state index contributed by atoms with van der Waals surface area (Å²) in [6, 6.07) is 7.21. The number of hydrogen-bond donors (Lipinski definition) is 1. The molecule has 2 aliphatic rings. The standard InChI is InChI=1S/C19H21N3O3/c1-3-12-25-15-9-7-14(8-10-15)20-18(24)19(2)13-17(23)21-16-6-4-5-11-22(16)19/h4-11H,3,12-13H2,1-2H3,(H,20,24). The molecule has 2 amide bonds. The topological polar surface area (TPSA) is 71.0 Å². The van der Waals surface area contributed by atoms with Gasteiger partial charge in [-0.25, -0.2) is 0 Å². The number of anilines is 1. The monoisotopic (exact) mass is 339 g/mol. The molecule has 1 atom stereocenters. The SMILES string of the molecule is CCCOc1ccc(NC(=O)C2(C)CC(=O)N=C3C=CC=CN32)cc1. The summed E-state index contributed by atoms with van der Waals surface area (Å²) < 4.78 is 5.54. The van der Waals surface area contributed by atoms with Crippen molar-refractivity contribution in [1.29, 1.82) is 0 Å². The molecule has 0 saturated heterocycles. The van der Waals surface area contributed by atoms with E-state index in [9.17, 15) is 9.59 Å². The van der Waals surface area contributed by atoms with E-state index in [1.165, 1.54) is 0 Å². The van der Waals surface area contributed by atoms with Crippen LogP contribution in [0.3, 0.4) is 0 Å². The largest absolute Gasteiger partial charge is 0.494 e. The van der Waals surface area contributed by atoms with Crippen LogP contribution in [-0.4, -0.2) is 34.7 Å². The van der Waals surface area contributed by atoms with Gasteiger partial charge in [-0.2, -0.15) is 4.99 Å². The molecule has 2 heterocycles. The summed E-state index contributed by atoms with van der Waals surface area (Å²) in [5, 5.41) is 2.89. The molecule has 25 heavy (non-hydrogen) atoms. The fourth-order valence-electron chi connectivity index (χ4n) is 2.80. The first-order chi connectivity index (χ1) is 12.0. The highest BCUT2D eigenvalue weighted by Gasteiger charge is 2.45. The van der Waals surface area contributed by atoms with Crippen molar-refractivity contribution in [2.45, 2.75) is 32.2 Å². The zero-order valence-electron chi connectivity index (χ0n) is 14.4. The number of carbonyl (C=O) groups is 2. The second-order valence-electron chi connectivity index (χ2n) is 6.21. The molecule has 0 radical (unpaired) electrons. The Kier molecular flexibility index (Phi) is 4.70. The zero-order chi connectivity index (χ0) is 17.9. The summed E-state index contributed by atoms with van der Waals surface area (Å²) in [4.78, 5) is 30.6. The van der Waals surface area contributed by atoms with Gasteiger partial charge in [0.1, 0.15) is 17.1 Å². The van der Waals surface area contributed by atoms with Crippen LogP contribution in [0.4, 0.5) is 5.69 Å². The fourth-order valence-corrected chi connectivity index (χ4v) is 2.80. The average molecular weight is 339 g/mol. The number of nitrogens with zero attached hydrogens (tertiary/aromatic N) is 2. The van der Waals surface area contributed by atoms with Crippen molar-refractivity contribution in [3.05, 3.63) is 48.7 Å². The third-order valence-electron chi connectivity index (χ3n) is 4.18. The third-order valence-corrected chi connectivity index (χ3v) is 4.18. The van der Waals surface area contributed by atoms with E-state index in [-0.39, 0.29) is 18.2 Å². The third kappa shape index (κ3) is 3.47. The van der Waals surface area contributed by atoms with Crippen LogP contribution in [0, 0.1) is 0 Å². The van der Waals surface area contributed by atoms with E-state index in [0.29, 0.717) is 18.1 Å². The van der Waals surface area contributed by atoms with Crippen LogP contribution in [0.2, 0.25) is 0 Å². The van der Waals surface area contributed by atoms with Crippen molar-refractivity contribution < 1.29 is 14.3 Å². The maximum Gasteiger partial charge on any atom is 0.250 e. The zero-order valence-corrected chi connectivity index (χ0v) is 14.4. The predicted octanol–water partition coefficient (Wildman–Crippen LogP) is 2.89. The summed E-state index contributed by atoms with van der Waals surface area (Å²) in [5.74, 6) is 0.694. The molecule has 2 aliphatic heterocycles. The van der Waals surface area contributed by atoms with E-state index in [1.54, 1.807) is 42.3 Å². The van der Waals surface area contributed by atoms with E-state index in [1.807, 2.05) is 25.1 Å².